The number of Topliss-reactive ketones (excluding diaryl/α,β-unsaturated/α-hetero) is 1. The molecule has 0 unspecified atom stereocenters. The molecule has 34 heavy (non-hydrogen) atoms. The molecule has 1 saturated heterocycles. The second kappa shape index (κ2) is 8.36. The van der Waals surface area contributed by atoms with E-state index in [-0.39, 0.29) is 17.4 Å². The third-order valence-corrected chi connectivity index (χ3v) is 7.09. The quantitative estimate of drug-likeness (QED) is 0.327. The van der Waals surface area contributed by atoms with Gasteiger partial charge in [-0.3, -0.25) is 14.5 Å². The Balaban J connectivity index is 1.67. The second-order valence-electron chi connectivity index (χ2n) is 9.05. The van der Waals surface area contributed by atoms with Crippen molar-refractivity contribution in [2.45, 2.75) is 52.2 Å². The van der Waals surface area contributed by atoms with Crippen molar-refractivity contribution < 1.29 is 19.4 Å². The number of amides is 1. The number of aryl methyl sites for hydroxylation is 1. The van der Waals surface area contributed by atoms with Gasteiger partial charge in [-0.15, -0.1) is 10.2 Å². The summed E-state index contributed by atoms with van der Waals surface area (Å²) < 4.78 is 5.76. The van der Waals surface area contributed by atoms with Gasteiger partial charge >= 0.3 is 5.91 Å². The smallest absolute Gasteiger partial charge is 0.301 e. The Labute approximate surface area is 201 Å². The molecule has 0 bridgehead atoms. The maximum atomic E-state index is 13.3. The number of carbonyl (C=O) groups excluding carboxylic acids is 2. The predicted octanol–water partition coefficient (Wildman–Crippen LogP) is 4.92. The molecule has 0 saturated carbocycles. The molecule has 2 aromatic carbocycles. The van der Waals surface area contributed by atoms with Crippen LogP contribution < -0.4 is 9.64 Å². The van der Waals surface area contributed by atoms with Crippen LogP contribution in [0.5, 0.6) is 5.75 Å². The van der Waals surface area contributed by atoms with E-state index < -0.39 is 17.7 Å². The number of nitrogens with zero attached hydrogens (tertiary/aromatic N) is 3. The van der Waals surface area contributed by atoms with Crippen LogP contribution in [-0.2, 0) is 16.0 Å². The standard InChI is InChI=1S/C26H25N3O4S/c1-13(2)16-5-7-17(8-6-16)22-21(24(31)25(32)29(22)26-28-27-15(4)34-26)23(30)18-9-10-20-19(12-18)11-14(3)33-20/h5-10,12-14,22,30H,11H2,1-4H3/b23-21+/t14-,22+/m0/s1. The SMILES string of the molecule is Cc1nnc(N2C(=O)C(=O)/C(=C(/O)c3ccc4c(c3)C[C@H](C)O4)[C@H]2c2ccc(C(C)C)cc2)s1. The molecule has 0 radical (unpaired) electrons. The molecule has 1 fully saturated rings. The topological polar surface area (TPSA) is 92.6 Å². The molecule has 2 aliphatic rings. The number of ether oxygens (including phenoxy) is 1. The van der Waals surface area contributed by atoms with E-state index in [4.69, 9.17) is 4.74 Å². The number of aliphatic hydroxyl groups is 1. The highest BCUT2D eigenvalue weighted by Gasteiger charge is 2.48. The van der Waals surface area contributed by atoms with E-state index in [0.29, 0.717) is 21.6 Å². The van der Waals surface area contributed by atoms with Gasteiger partial charge in [0.05, 0.1) is 11.6 Å². The fourth-order valence-corrected chi connectivity index (χ4v) is 5.23. The van der Waals surface area contributed by atoms with Gasteiger partial charge in [0.1, 0.15) is 22.6 Å². The number of ketones is 1. The van der Waals surface area contributed by atoms with E-state index >= 15 is 0 Å². The maximum Gasteiger partial charge on any atom is 0.301 e. The normalized spacial score (nSPS) is 21.3. The zero-order valence-corrected chi connectivity index (χ0v) is 20.2. The Bertz CT molecular complexity index is 1330. The van der Waals surface area contributed by atoms with E-state index in [0.717, 1.165) is 28.9 Å². The highest BCUT2D eigenvalue weighted by atomic mass is 32.1. The molecule has 3 heterocycles. The Morgan fingerprint density at radius 1 is 1.15 bits per heavy atom. The average molecular weight is 476 g/mol. The second-order valence-corrected chi connectivity index (χ2v) is 10.2. The van der Waals surface area contributed by atoms with E-state index in [2.05, 4.69) is 24.0 Å². The first-order chi connectivity index (χ1) is 16.2. The van der Waals surface area contributed by atoms with Gasteiger partial charge in [-0.1, -0.05) is 49.4 Å². The lowest BCUT2D eigenvalue weighted by Gasteiger charge is -2.23. The number of fused-ring (bicyclic) bond motifs is 1. The summed E-state index contributed by atoms with van der Waals surface area (Å²) in [6, 6.07) is 12.3. The number of rotatable bonds is 4. The number of aliphatic hydroxyl groups excluding tert-OH is 1. The van der Waals surface area contributed by atoms with Gasteiger partial charge in [0.25, 0.3) is 5.78 Å². The molecular formula is C26H25N3O4S. The Morgan fingerprint density at radius 2 is 1.88 bits per heavy atom. The predicted molar refractivity (Wildman–Crippen MR) is 130 cm³/mol. The number of benzene rings is 2. The molecule has 1 amide bonds. The van der Waals surface area contributed by atoms with Crippen molar-refractivity contribution >= 4 is 33.9 Å². The lowest BCUT2D eigenvalue weighted by molar-refractivity contribution is -0.132. The molecule has 1 N–H and O–H groups in total. The van der Waals surface area contributed by atoms with Crippen LogP contribution >= 0.6 is 11.3 Å². The summed E-state index contributed by atoms with van der Waals surface area (Å²) in [4.78, 5) is 27.8. The van der Waals surface area contributed by atoms with E-state index in [1.165, 1.54) is 16.2 Å². The Hall–Kier alpha value is -3.52. The highest BCUT2D eigenvalue weighted by Crippen LogP contribution is 2.43. The zero-order chi connectivity index (χ0) is 24.1. The monoisotopic (exact) mass is 475 g/mol. The van der Waals surface area contributed by atoms with Crippen molar-refractivity contribution in [1.82, 2.24) is 10.2 Å². The van der Waals surface area contributed by atoms with Crippen LogP contribution in [0.25, 0.3) is 5.76 Å². The molecule has 2 atom stereocenters. The lowest BCUT2D eigenvalue weighted by atomic mass is 9.93. The summed E-state index contributed by atoms with van der Waals surface area (Å²) in [6.07, 6.45) is 0.771. The van der Waals surface area contributed by atoms with Gasteiger partial charge in [-0.2, -0.15) is 0 Å². The van der Waals surface area contributed by atoms with Gasteiger partial charge in [-0.05, 0) is 54.7 Å². The van der Waals surface area contributed by atoms with Crippen LogP contribution in [0.1, 0.15) is 60.0 Å². The minimum atomic E-state index is -0.808. The van der Waals surface area contributed by atoms with Crippen molar-refractivity contribution in [3.63, 3.8) is 0 Å². The molecule has 8 heteroatoms. The molecule has 174 valence electrons. The molecule has 5 rings (SSSR count). The van der Waals surface area contributed by atoms with Crippen molar-refractivity contribution in [3.8, 4) is 5.75 Å². The van der Waals surface area contributed by atoms with Crippen LogP contribution in [0.15, 0.2) is 48.0 Å². The van der Waals surface area contributed by atoms with Crippen LogP contribution in [0, 0.1) is 6.92 Å². The third kappa shape index (κ3) is 3.68. The first-order valence-electron chi connectivity index (χ1n) is 11.3. The first kappa shape index (κ1) is 22.3. The first-order valence-corrected chi connectivity index (χ1v) is 12.1. The summed E-state index contributed by atoms with van der Waals surface area (Å²) in [5.74, 6) is -0.568. The fraction of sp³-hybridized carbons (Fsp3) is 0.308. The number of anilines is 1. The maximum absolute atomic E-state index is 13.3. The summed E-state index contributed by atoms with van der Waals surface area (Å²) in [6.45, 7) is 7.97. The number of carbonyl (C=O) groups is 2. The van der Waals surface area contributed by atoms with Gasteiger partial charge < -0.3 is 9.84 Å². The molecule has 0 aliphatic carbocycles. The van der Waals surface area contributed by atoms with Crippen LogP contribution in [-0.4, -0.2) is 33.1 Å². The van der Waals surface area contributed by atoms with Crippen LogP contribution in [0.2, 0.25) is 0 Å². The highest BCUT2D eigenvalue weighted by molar-refractivity contribution is 7.15. The molecule has 2 aliphatic heterocycles. The van der Waals surface area contributed by atoms with Gasteiger partial charge in [0.15, 0.2) is 0 Å². The van der Waals surface area contributed by atoms with Crippen LogP contribution in [0.3, 0.4) is 0 Å². The Kier molecular flexibility index (Phi) is 5.48. The molecule has 0 spiro atoms. The third-order valence-electron chi connectivity index (χ3n) is 6.25. The largest absolute Gasteiger partial charge is 0.507 e. The summed E-state index contributed by atoms with van der Waals surface area (Å²) >= 11 is 1.23. The minimum absolute atomic E-state index is 0.0436. The summed E-state index contributed by atoms with van der Waals surface area (Å²) in [7, 11) is 0. The zero-order valence-electron chi connectivity index (χ0n) is 19.4. The summed E-state index contributed by atoms with van der Waals surface area (Å²) in [5, 5.41) is 20.5. The van der Waals surface area contributed by atoms with Gasteiger partial charge in [0, 0.05) is 12.0 Å². The lowest BCUT2D eigenvalue weighted by Crippen LogP contribution is -2.29. The van der Waals surface area contributed by atoms with Crippen molar-refractivity contribution in [1.29, 1.82) is 0 Å². The summed E-state index contributed by atoms with van der Waals surface area (Å²) in [5.41, 5.74) is 3.34. The Morgan fingerprint density at radius 3 is 2.53 bits per heavy atom. The van der Waals surface area contributed by atoms with E-state index in [1.54, 1.807) is 19.1 Å². The molecular weight excluding hydrogens is 450 g/mol. The number of aromatic nitrogens is 2. The molecule has 7 nitrogen and oxygen atoms in total. The van der Waals surface area contributed by atoms with E-state index in [1.807, 2.05) is 37.3 Å². The average Bonchev–Trinajstić information content (AvgIpc) is 3.48. The molecule has 3 aromatic rings. The fourth-order valence-electron chi connectivity index (χ4n) is 4.52. The van der Waals surface area contributed by atoms with Gasteiger partial charge in [0.2, 0.25) is 5.13 Å². The van der Waals surface area contributed by atoms with E-state index in [9.17, 15) is 14.7 Å². The number of hydrogen-bond donors (Lipinski definition) is 1. The molecule has 1 aromatic heterocycles. The van der Waals surface area contributed by atoms with Crippen molar-refractivity contribution in [2.75, 3.05) is 4.90 Å². The van der Waals surface area contributed by atoms with Crippen LogP contribution in [0.4, 0.5) is 5.13 Å². The van der Waals surface area contributed by atoms with Gasteiger partial charge in [-0.25, -0.2) is 0 Å². The minimum Gasteiger partial charge on any atom is -0.507 e. The number of hydrogen-bond acceptors (Lipinski definition) is 7. The van der Waals surface area contributed by atoms with Crippen molar-refractivity contribution in [3.05, 3.63) is 75.3 Å². The van der Waals surface area contributed by atoms with Crippen molar-refractivity contribution in [2.24, 2.45) is 0 Å².